The fourth-order valence-corrected chi connectivity index (χ4v) is 10.1. The molecule has 2 fully saturated rings. The third kappa shape index (κ3) is 4.72. The van der Waals surface area contributed by atoms with Gasteiger partial charge in [0.2, 0.25) is 5.91 Å². The van der Waals surface area contributed by atoms with Crippen LogP contribution in [0.5, 0.6) is 0 Å². The van der Waals surface area contributed by atoms with E-state index in [0.29, 0.717) is 13.1 Å². The predicted molar refractivity (Wildman–Crippen MR) is 152 cm³/mol. The highest BCUT2D eigenvalue weighted by molar-refractivity contribution is 8.46. The zero-order chi connectivity index (χ0) is 27.6. The zero-order valence-electron chi connectivity index (χ0n) is 22.2. The van der Waals surface area contributed by atoms with Gasteiger partial charge in [0.05, 0.1) is 17.7 Å². The minimum atomic E-state index is -2.60. The van der Waals surface area contributed by atoms with E-state index >= 15 is 0 Å². The summed E-state index contributed by atoms with van der Waals surface area (Å²) in [5.74, 6) is -1.14. The Labute approximate surface area is 230 Å². The number of amides is 2. The van der Waals surface area contributed by atoms with Gasteiger partial charge >= 0.3 is 5.97 Å². The lowest BCUT2D eigenvalue weighted by atomic mass is 9.98. The van der Waals surface area contributed by atoms with Crippen LogP contribution < -0.4 is 0 Å². The summed E-state index contributed by atoms with van der Waals surface area (Å²) in [5.41, 5.74) is 2.76. The molecule has 7 nitrogen and oxygen atoms in total. The predicted octanol–water partition coefficient (Wildman–Crippen LogP) is 5.03. The van der Waals surface area contributed by atoms with Gasteiger partial charge in [-0.05, 0) is 30.5 Å². The Kier molecular flexibility index (Phi) is 7.51. The SMILES string of the molecule is CC1(C)[C@H](C(=O)OCc2ccccc2)N2C(=O)C[C@H]2[S@@]1(CO)C(=O)N(Cc1ccccc1)Cc1ccccc1. The van der Waals surface area contributed by atoms with Crippen LogP contribution in [0.1, 0.15) is 37.0 Å². The maximum atomic E-state index is 14.7. The van der Waals surface area contributed by atoms with Crippen LogP contribution >= 0.6 is 10.0 Å². The number of aliphatic hydroxyl groups excluding tert-OH is 1. The number of carbonyl (C=O) groups excluding carboxylic acids is 3. The molecule has 0 aromatic heterocycles. The highest BCUT2D eigenvalue weighted by atomic mass is 32.3. The number of nitrogens with zero attached hydrogens (tertiary/aromatic N) is 2. The van der Waals surface area contributed by atoms with Gasteiger partial charge in [0.1, 0.15) is 12.6 Å². The minimum Gasteiger partial charge on any atom is -0.459 e. The highest BCUT2D eigenvalue weighted by Crippen LogP contribution is 2.74. The number of hydrogen-bond acceptors (Lipinski definition) is 5. The first-order chi connectivity index (χ1) is 18.8. The Morgan fingerprint density at radius 2 is 1.38 bits per heavy atom. The first-order valence-electron chi connectivity index (χ1n) is 13.1. The first-order valence-corrected chi connectivity index (χ1v) is 14.9. The number of aliphatic hydroxyl groups is 1. The molecule has 3 atom stereocenters. The lowest BCUT2D eigenvalue weighted by molar-refractivity contribution is -0.162. The quantitative estimate of drug-likeness (QED) is 0.317. The number of fused-ring (bicyclic) bond motifs is 1. The molecule has 2 amide bonds. The van der Waals surface area contributed by atoms with Crippen LogP contribution in [0, 0.1) is 0 Å². The molecule has 39 heavy (non-hydrogen) atoms. The van der Waals surface area contributed by atoms with Crippen molar-refractivity contribution in [3.63, 3.8) is 0 Å². The Balaban J connectivity index is 1.48. The second-order valence-electron chi connectivity index (χ2n) is 10.6. The van der Waals surface area contributed by atoms with Gasteiger partial charge in [-0.15, -0.1) is 10.0 Å². The molecule has 204 valence electrons. The molecule has 1 N–H and O–H groups in total. The number of carbonyl (C=O) groups is 3. The van der Waals surface area contributed by atoms with Crippen molar-refractivity contribution in [2.45, 2.75) is 56.1 Å². The highest BCUT2D eigenvalue weighted by Gasteiger charge is 2.72. The monoisotopic (exact) mass is 546 g/mol. The molecular weight excluding hydrogens is 512 g/mol. The Morgan fingerprint density at radius 1 is 0.897 bits per heavy atom. The second-order valence-corrected chi connectivity index (χ2v) is 14.4. The summed E-state index contributed by atoms with van der Waals surface area (Å²) in [6.07, 6.45) is 0.137. The molecule has 0 bridgehead atoms. The van der Waals surface area contributed by atoms with E-state index in [-0.39, 0.29) is 24.2 Å². The fraction of sp³-hybridized carbons (Fsp3) is 0.323. The van der Waals surface area contributed by atoms with Crippen LogP contribution in [0.25, 0.3) is 0 Å². The van der Waals surface area contributed by atoms with Crippen molar-refractivity contribution in [3.8, 4) is 0 Å². The summed E-state index contributed by atoms with van der Waals surface area (Å²) in [7, 11) is -2.60. The molecule has 2 aliphatic rings. The first kappa shape index (κ1) is 27.0. The molecule has 2 heterocycles. The van der Waals surface area contributed by atoms with Crippen molar-refractivity contribution in [1.29, 1.82) is 0 Å². The third-order valence-electron chi connectivity index (χ3n) is 7.94. The summed E-state index contributed by atoms with van der Waals surface area (Å²) >= 11 is 0. The van der Waals surface area contributed by atoms with Gasteiger partial charge < -0.3 is 19.6 Å². The van der Waals surface area contributed by atoms with Crippen molar-refractivity contribution >= 4 is 27.1 Å². The van der Waals surface area contributed by atoms with E-state index < -0.39 is 38.1 Å². The Morgan fingerprint density at radius 3 is 1.85 bits per heavy atom. The molecule has 0 unspecified atom stereocenters. The number of benzene rings is 3. The van der Waals surface area contributed by atoms with Gasteiger partial charge in [-0.3, -0.25) is 9.59 Å². The van der Waals surface area contributed by atoms with Crippen molar-refractivity contribution < 1.29 is 24.2 Å². The van der Waals surface area contributed by atoms with Crippen LogP contribution in [0.2, 0.25) is 0 Å². The van der Waals surface area contributed by atoms with Gasteiger partial charge in [-0.25, -0.2) is 4.79 Å². The van der Waals surface area contributed by atoms with Crippen LogP contribution in [0.4, 0.5) is 4.79 Å². The van der Waals surface area contributed by atoms with Crippen molar-refractivity contribution in [3.05, 3.63) is 108 Å². The normalized spacial score (nSPS) is 23.1. The van der Waals surface area contributed by atoms with Gasteiger partial charge in [-0.2, -0.15) is 0 Å². The van der Waals surface area contributed by atoms with Gasteiger partial charge in [-0.1, -0.05) is 91.0 Å². The number of ether oxygens (including phenoxy) is 1. The summed E-state index contributed by atoms with van der Waals surface area (Å²) in [6, 6.07) is 27.8. The standard InChI is InChI=1S/C31H34N2O5S/c1-31(2)28(29(36)38-21-25-16-10-5-11-17-25)33-26(35)18-27(33)39(31,22-34)30(37)32(19-23-12-6-3-7-13-23)20-24-14-8-4-9-15-24/h3-17,27-28,34H,18-22H2,1-2H3/t27-,28+/m1/s1. The van der Waals surface area contributed by atoms with Gasteiger partial charge in [0.25, 0.3) is 5.24 Å². The molecule has 3 aromatic rings. The van der Waals surface area contributed by atoms with Crippen molar-refractivity contribution in [1.82, 2.24) is 9.80 Å². The molecule has 8 heteroatoms. The lowest BCUT2D eigenvalue weighted by Crippen LogP contribution is -2.57. The van der Waals surface area contributed by atoms with E-state index in [1.807, 2.05) is 105 Å². The van der Waals surface area contributed by atoms with Gasteiger partial charge in [0.15, 0.2) is 0 Å². The summed E-state index contributed by atoms with van der Waals surface area (Å²) in [6.45, 7) is 4.44. The number of rotatable bonds is 8. The van der Waals surface area contributed by atoms with Gasteiger partial charge in [0, 0.05) is 17.8 Å². The number of β-lactam (4-membered cyclic amide) rings is 1. The Bertz CT molecular complexity index is 1290. The lowest BCUT2D eigenvalue weighted by Gasteiger charge is -2.51. The van der Waals surface area contributed by atoms with Crippen LogP contribution in [0.3, 0.4) is 0 Å². The average Bonchev–Trinajstić information content (AvgIpc) is 3.12. The largest absolute Gasteiger partial charge is 0.459 e. The topological polar surface area (TPSA) is 87.1 Å². The van der Waals surface area contributed by atoms with E-state index in [1.165, 1.54) is 4.90 Å². The summed E-state index contributed by atoms with van der Waals surface area (Å²) < 4.78 is 4.69. The Hall–Kier alpha value is -3.62. The summed E-state index contributed by atoms with van der Waals surface area (Å²) in [4.78, 5) is 44.4. The molecular formula is C31H34N2O5S. The molecule has 2 aliphatic heterocycles. The molecule has 0 aliphatic carbocycles. The van der Waals surface area contributed by atoms with Crippen LogP contribution in [0.15, 0.2) is 91.0 Å². The zero-order valence-corrected chi connectivity index (χ0v) is 23.0. The van der Waals surface area contributed by atoms with Crippen LogP contribution in [-0.4, -0.2) is 54.1 Å². The maximum absolute atomic E-state index is 14.7. The van der Waals surface area contributed by atoms with E-state index in [2.05, 4.69) is 0 Å². The van der Waals surface area contributed by atoms with E-state index in [1.54, 1.807) is 4.90 Å². The average molecular weight is 547 g/mol. The molecule has 2 saturated heterocycles. The molecule has 0 radical (unpaired) electrons. The molecule has 5 rings (SSSR count). The van der Waals surface area contributed by atoms with Crippen molar-refractivity contribution in [2.75, 3.05) is 5.94 Å². The van der Waals surface area contributed by atoms with E-state index in [4.69, 9.17) is 4.74 Å². The van der Waals surface area contributed by atoms with E-state index in [0.717, 1.165) is 16.7 Å². The molecule has 0 spiro atoms. The summed E-state index contributed by atoms with van der Waals surface area (Å²) in [5, 5.41) is 10.3. The second kappa shape index (κ2) is 10.9. The smallest absolute Gasteiger partial charge is 0.330 e. The number of hydrogen-bond donors (Lipinski definition) is 1. The van der Waals surface area contributed by atoms with Crippen LogP contribution in [-0.2, 0) is 34.0 Å². The van der Waals surface area contributed by atoms with E-state index in [9.17, 15) is 19.5 Å². The fourth-order valence-electron chi connectivity index (χ4n) is 5.81. The van der Waals surface area contributed by atoms with Crippen molar-refractivity contribution in [2.24, 2.45) is 0 Å². The maximum Gasteiger partial charge on any atom is 0.330 e. The molecule has 0 saturated carbocycles. The molecule has 3 aromatic carbocycles. The third-order valence-corrected chi connectivity index (χ3v) is 12.7. The minimum absolute atomic E-state index is 0.0719. The number of esters is 1.